The van der Waals surface area contributed by atoms with Crippen molar-refractivity contribution in [2.45, 2.75) is 25.5 Å². The van der Waals surface area contributed by atoms with Crippen LogP contribution in [0.5, 0.6) is 0 Å². The maximum Gasteiger partial charge on any atom is 0.0813 e. The summed E-state index contributed by atoms with van der Waals surface area (Å²) in [7, 11) is 0. The Morgan fingerprint density at radius 2 is 2.28 bits per heavy atom. The lowest BCUT2D eigenvalue weighted by molar-refractivity contribution is 0.132. The van der Waals surface area contributed by atoms with Crippen molar-refractivity contribution in [1.29, 1.82) is 0 Å². The van der Waals surface area contributed by atoms with E-state index in [2.05, 4.69) is 27.8 Å². The molecule has 1 aromatic rings. The highest BCUT2D eigenvalue weighted by molar-refractivity contribution is 9.10. The maximum absolute atomic E-state index is 10.3. The Labute approximate surface area is 122 Å². The number of nitrogens with zero attached hydrogens (tertiary/aromatic N) is 1. The SMILES string of the molecule is CC1CSCCN1CCC(O)c1ccccc1Br. The molecule has 0 amide bonds. The van der Waals surface area contributed by atoms with Gasteiger partial charge < -0.3 is 5.11 Å². The molecule has 4 heteroatoms. The average molecular weight is 330 g/mol. The molecular formula is C14H20BrNOS. The summed E-state index contributed by atoms with van der Waals surface area (Å²) in [4.78, 5) is 2.48. The quantitative estimate of drug-likeness (QED) is 0.916. The van der Waals surface area contributed by atoms with Crippen molar-refractivity contribution in [2.75, 3.05) is 24.6 Å². The van der Waals surface area contributed by atoms with Crippen molar-refractivity contribution in [3.8, 4) is 0 Å². The highest BCUT2D eigenvalue weighted by Crippen LogP contribution is 2.26. The van der Waals surface area contributed by atoms with E-state index >= 15 is 0 Å². The fourth-order valence-electron chi connectivity index (χ4n) is 2.28. The van der Waals surface area contributed by atoms with Crippen LogP contribution in [0, 0.1) is 0 Å². The van der Waals surface area contributed by atoms with E-state index in [9.17, 15) is 5.11 Å². The van der Waals surface area contributed by atoms with Crippen molar-refractivity contribution >= 4 is 27.7 Å². The molecule has 2 unspecified atom stereocenters. The van der Waals surface area contributed by atoms with Gasteiger partial charge in [0.05, 0.1) is 6.10 Å². The van der Waals surface area contributed by atoms with Crippen LogP contribution in [0.1, 0.15) is 25.0 Å². The molecule has 1 aliphatic heterocycles. The van der Waals surface area contributed by atoms with Crippen molar-refractivity contribution in [3.63, 3.8) is 0 Å². The summed E-state index contributed by atoms with van der Waals surface area (Å²) in [6, 6.07) is 8.56. The Kier molecular flexibility index (Phi) is 5.55. The van der Waals surface area contributed by atoms with E-state index in [4.69, 9.17) is 0 Å². The van der Waals surface area contributed by atoms with E-state index in [0.717, 1.165) is 29.5 Å². The van der Waals surface area contributed by atoms with E-state index in [1.165, 1.54) is 11.5 Å². The first-order chi connectivity index (χ1) is 8.68. The highest BCUT2D eigenvalue weighted by Gasteiger charge is 2.20. The summed E-state index contributed by atoms with van der Waals surface area (Å²) >= 11 is 5.53. The van der Waals surface area contributed by atoms with Crippen LogP contribution in [0.4, 0.5) is 0 Å². The first-order valence-corrected chi connectivity index (χ1v) is 8.37. The summed E-state index contributed by atoms with van der Waals surface area (Å²) in [6.07, 6.45) is 0.430. The molecule has 100 valence electrons. The molecular weight excluding hydrogens is 310 g/mol. The summed E-state index contributed by atoms with van der Waals surface area (Å²) in [6.45, 7) is 4.40. The lowest BCUT2D eigenvalue weighted by Crippen LogP contribution is -2.41. The molecule has 2 rings (SSSR count). The first-order valence-electron chi connectivity index (χ1n) is 6.43. The van der Waals surface area contributed by atoms with Gasteiger partial charge in [0.25, 0.3) is 0 Å². The Morgan fingerprint density at radius 1 is 1.50 bits per heavy atom. The van der Waals surface area contributed by atoms with Gasteiger partial charge in [-0.15, -0.1) is 0 Å². The molecule has 0 spiro atoms. The third-order valence-corrected chi connectivity index (χ3v) is 5.37. The highest BCUT2D eigenvalue weighted by atomic mass is 79.9. The molecule has 0 saturated carbocycles. The second-order valence-corrected chi connectivity index (χ2v) is 6.79. The smallest absolute Gasteiger partial charge is 0.0813 e. The zero-order valence-electron chi connectivity index (χ0n) is 10.7. The lowest BCUT2D eigenvalue weighted by Gasteiger charge is -2.33. The second kappa shape index (κ2) is 6.94. The Hall–Kier alpha value is -0.0300. The van der Waals surface area contributed by atoms with Gasteiger partial charge in [-0.2, -0.15) is 11.8 Å². The van der Waals surface area contributed by atoms with Gasteiger partial charge in [-0.25, -0.2) is 0 Å². The summed E-state index contributed by atoms with van der Waals surface area (Å²) in [5.74, 6) is 2.43. The largest absolute Gasteiger partial charge is 0.388 e. The van der Waals surface area contributed by atoms with Crippen LogP contribution in [0.15, 0.2) is 28.7 Å². The van der Waals surface area contributed by atoms with Crippen molar-refractivity contribution < 1.29 is 5.11 Å². The molecule has 0 bridgehead atoms. The van der Waals surface area contributed by atoms with E-state index in [1.54, 1.807) is 0 Å². The summed E-state index contributed by atoms with van der Waals surface area (Å²) < 4.78 is 1.000. The maximum atomic E-state index is 10.3. The average Bonchev–Trinajstić information content (AvgIpc) is 2.38. The standard InChI is InChI=1S/C14H20BrNOS/c1-11-10-18-9-8-16(11)7-6-14(17)12-4-2-3-5-13(12)15/h2-5,11,14,17H,6-10H2,1H3. The molecule has 1 aromatic carbocycles. The predicted molar refractivity (Wildman–Crippen MR) is 82.1 cm³/mol. The number of halogens is 1. The summed E-state index contributed by atoms with van der Waals surface area (Å²) in [5.41, 5.74) is 0.997. The van der Waals surface area contributed by atoms with Gasteiger partial charge in [0.2, 0.25) is 0 Å². The van der Waals surface area contributed by atoms with Crippen molar-refractivity contribution in [1.82, 2.24) is 4.90 Å². The fourth-order valence-corrected chi connectivity index (χ4v) is 3.91. The normalized spacial score (nSPS) is 22.9. The number of thioether (sulfide) groups is 1. The minimum Gasteiger partial charge on any atom is -0.388 e. The molecule has 1 aliphatic rings. The molecule has 18 heavy (non-hydrogen) atoms. The van der Waals surface area contributed by atoms with Crippen LogP contribution in [0.2, 0.25) is 0 Å². The fraction of sp³-hybridized carbons (Fsp3) is 0.571. The van der Waals surface area contributed by atoms with E-state index in [0.29, 0.717) is 6.04 Å². The van der Waals surface area contributed by atoms with E-state index in [-0.39, 0.29) is 6.10 Å². The number of rotatable bonds is 4. The van der Waals surface area contributed by atoms with E-state index in [1.807, 2.05) is 36.0 Å². The van der Waals surface area contributed by atoms with Crippen LogP contribution in [0.3, 0.4) is 0 Å². The summed E-state index contributed by atoms with van der Waals surface area (Å²) in [5, 5.41) is 10.3. The molecule has 0 radical (unpaired) electrons. The first kappa shape index (κ1) is 14.4. The van der Waals surface area contributed by atoms with Gasteiger partial charge in [0.1, 0.15) is 0 Å². The van der Waals surface area contributed by atoms with Gasteiger partial charge in [-0.1, -0.05) is 34.1 Å². The van der Waals surface area contributed by atoms with Crippen LogP contribution < -0.4 is 0 Å². The number of hydrogen-bond acceptors (Lipinski definition) is 3. The third kappa shape index (κ3) is 3.73. The van der Waals surface area contributed by atoms with Crippen LogP contribution in [0.25, 0.3) is 0 Å². The number of hydrogen-bond donors (Lipinski definition) is 1. The zero-order chi connectivity index (χ0) is 13.0. The lowest BCUT2D eigenvalue weighted by atomic mass is 10.1. The molecule has 0 aliphatic carbocycles. The zero-order valence-corrected chi connectivity index (χ0v) is 13.1. The molecule has 1 heterocycles. The Balaban J connectivity index is 1.88. The van der Waals surface area contributed by atoms with Gasteiger partial charge in [0.15, 0.2) is 0 Å². The molecule has 1 saturated heterocycles. The topological polar surface area (TPSA) is 23.5 Å². The second-order valence-electron chi connectivity index (χ2n) is 4.79. The van der Waals surface area contributed by atoms with E-state index < -0.39 is 0 Å². The van der Waals surface area contributed by atoms with Gasteiger partial charge in [-0.3, -0.25) is 4.90 Å². The molecule has 1 N–H and O–H groups in total. The van der Waals surface area contributed by atoms with Gasteiger partial charge >= 0.3 is 0 Å². The van der Waals surface area contributed by atoms with Gasteiger partial charge in [0, 0.05) is 35.1 Å². The molecule has 1 fully saturated rings. The van der Waals surface area contributed by atoms with Crippen LogP contribution in [-0.2, 0) is 0 Å². The Morgan fingerprint density at radius 3 is 3.00 bits per heavy atom. The van der Waals surface area contributed by atoms with Gasteiger partial charge in [-0.05, 0) is 25.0 Å². The Bertz CT molecular complexity index is 388. The molecule has 2 nitrogen and oxygen atoms in total. The monoisotopic (exact) mass is 329 g/mol. The molecule has 0 aromatic heterocycles. The van der Waals surface area contributed by atoms with Crippen LogP contribution >= 0.6 is 27.7 Å². The number of aliphatic hydroxyl groups is 1. The third-order valence-electron chi connectivity index (χ3n) is 3.46. The van der Waals surface area contributed by atoms with Crippen molar-refractivity contribution in [3.05, 3.63) is 34.3 Å². The minimum atomic E-state index is -0.373. The number of benzene rings is 1. The minimum absolute atomic E-state index is 0.373. The number of aliphatic hydroxyl groups excluding tert-OH is 1. The predicted octanol–water partition coefficient (Wildman–Crippen LogP) is 3.31. The molecule has 2 atom stereocenters. The van der Waals surface area contributed by atoms with Crippen LogP contribution in [-0.4, -0.2) is 40.6 Å². The van der Waals surface area contributed by atoms with Crippen molar-refractivity contribution in [2.24, 2.45) is 0 Å².